The molecule has 0 aliphatic heterocycles. The summed E-state index contributed by atoms with van der Waals surface area (Å²) >= 11 is 3.22. The molecule has 0 heterocycles. The molecule has 0 amide bonds. The van der Waals surface area contributed by atoms with E-state index in [1.54, 1.807) is 19.1 Å². The molecule has 9 heteroatoms. The Morgan fingerprint density at radius 2 is 1.70 bits per heavy atom. The van der Waals surface area contributed by atoms with E-state index in [-0.39, 0.29) is 23.7 Å². The van der Waals surface area contributed by atoms with Crippen LogP contribution in [0.2, 0.25) is 0 Å². The first-order chi connectivity index (χ1) is 9.18. The van der Waals surface area contributed by atoms with E-state index in [9.17, 15) is 16.8 Å². The zero-order chi connectivity index (χ0) is 15.4. The van der Waals surface area contributed by atoms with Gasteiger partial charge in [0.05, 0.1) is 10.6 Å². The molecule has 2 N–H and O–H groups in total. The van der Waals surface area contributed by atoms with Crippen molar-refractivity contribution in [2.24, 2.45) is 0 Å². The molecule has 0 atom stereocenters. The lowest BCUT2D eigenvalue weighted by Gasteiger charge is -2.10. The van der Waals surface area contributed by atoms with Gasteiger partial charge in [-0.25, -0.2) is 26.3 Å². The van der Waals surface area contributed by atoms with E-state index >= 15 is 0 Å². The molecule has 20 heavy (non-hydrogen) atoms. The van der Waals surface area contributed by atoms with Crippen LogP contribution in [0.25, 0.3) is 0 Å². The molecule has 1 aromatic carbocycles. The standard InChI is InChI=1S/C11H17BrN2O4S2/c1-3-19(15,16)13-6-7-14-20(17,18)11-8-10(12)5-4-9(11)2/h4-5,8,13-14H,3,6-7H2,1-2H3. The van der Waals surface area contributed by atoms with Gasteiger partial charge in [-0.3, -0.25) is 0 Å². The molecule has 0 radical (unpaired) electrons. The van der Waals surface area contributed by atoms with Gasteiger partial charge in [0.25, 0.3) is 0 Å². The maximum absolute atomic E-state index is 12.1. The van der Waals surface area contributed by atoms with E-state index in [0.29, 0.717) is 10.0 Å². The van der Waals surface area contributed by atoms with Crippen molar-refractivity contribution in [3.05, 3.63) is 28.2 Å². The molecule has 0 fully saturated rings. The van der Waals surface area contributed by atoms with Gasteiger partial charge in [-0.05, 0) is 31.5 Å². The molecule has 0 unspecified atom stereocenters. The number of aryl methyl sites for hydroxylation is 1. The zero-order valence-electron chi connectivity index (χ0n) is 11.2. The summed E-state index contributed by atoms with van der Waals surface area (Å²) in [5.41, 5.74) is 0.620. The van der Waals surface area contributed by atoms with Crippen LogP contribution in [0, 0.1) is 6.92 Å². The van der Waals surface area contributed by atoms with Crippen molar-refractivity contribution in [3.8, 4) is 0 Å². The summed E-state index contributed by atoms with van der Waals surface area (Å²) in [4.78, 5) is 0.172. The molecule has 0 aliphatic carbocycles. The van der Waals surface area contributed by atoms with E-state index in [0.717, 1.165) is 0 Å². The summed E-state index contributed by atoms with van der Waals surface area (Å²) in [5.74, 6) is -0.0372. The Kier molecular flexibility index (Phi) is 6.14. The average Bonchev–Trinajstić information content (AvgIpc) is 2.37. The number of rotatable bonds is 7. The summed E-state index contributed by atoms with van der Waals surface area (Å²) in [6, 6.07) is 4.95. The maximum Gasteiger partial charge on any atom is 0.240 e. The smallest absolute Gasteiger partial charge is 0.214 e. The normalized spacial score (nSPS) is 12.6. The van der Waals surface area contributed by atoms with Crippen LogP contribution < -0.4 is 9.44 Å². The minimum atomic E-state index is -3.65. The van der Waals surface area contributed by atoms with Crippen LogP contribution in [-0.2, 0) is 20.0 Å². The van der Waals surface area contributed by atoms with E-state index in [2.05, 4.69) is 25.4 Å². The van der Waals surface area contributed by atoms with Gasteiger partial charge in [-0.15, -0.1) is 0 Å². The van der Waals surface area contributed by atoms with Gasteiger partial charge in [0.1, 0.15) is 0 Å². The number of hydrogen-bond acceptors (Lipinski definition) is 4. The van der Waals surface area contributed by atoms with Crippen molar-refractivity contribution in [2.75, 3.05) is 18.8 Å². The Morgan fingerprint density at radius 1 is 1.10 bits per heavy atom. The molecular formula is C11H17BrN2O4S2. The molecule has 0 saturated carbocycles. The lowest BCUT2D eigenvalue weighted by Crippen LogP contribution is -2.35. The minimum Gasteiger partial charge on any atom is -0.214 e. The van der Waals surface area contributed by atoms with Gasteiger partial charge in [0, 0.05) is 17.6 Å². The molecule has 114 valence electrons. The molecule has 0 saturated heterocycles. The van der Waals surface area contributed by atoms with E-state index in [1.807, 2.05) is 0 Å². The number of nitrogens with one attached hydrogen (secondary N) is 2. The van der Waals surface area contributed by atoms with Gasteiger partial charge in [-0.1, -0.05) is 22.0 Å². The second-order valence-corrected chi connectivity index (χ2v) is 8.85. The summed E-state index contributed by atoms with van der Waals surface area (Å²) < 4.78 is 51.9. The third kappa shape index (κ3) is 5.13. The zero-order valence-corrected chi connectivity index (χ0v) is 14.4. The van der Waals surface area contributed by atoms with Gasteiger partial charge < -0.3 is 0 Å². The van der Waals surface area contributed by atoms with Crippen LogP contribution in [0.15, 0.2) is 27.6 Å². The molecule has 6 nitrogen and oxygen atoms in total. The van der Waals surface area contributed by atoms with Gasteiger partial charge in [0.15, 0.2) is 0 Å². The maximum atomic E-state index is 12.1. The highest BCUT2D eigenvalue weighted by atomic mass is 79.9. The molecule has 0 spiro atoms. The fourth-order valence-corrected chi connectivity index (χ4v) is 3.87. The van der Waals surface area contributed by atoms with Crippen LogP contribution in [0.4, 0.5) is 0 Å². The predicted octanol–water partition coefficient (Wildman–Crippen LogP) is 0.975. The summed E-state index contributed by atoms with van der Waals surface area (Å²) in [5, 5.41) is 0. The van der Waals surface area contributed by atoms with Crippen molar-refractivity contribution in [1.82, 2.24) is 9.44 Å². The average molecular weight is 385 g/mol. The first kappa shape index (κ1) is 17.6. The van der Waals surface area contributed by atoms with Gasteiger partial charge in [0.2, 0.25) is 20.0 Å². The molecule has 1 aromatic rings. The number of halogens is 1. The van der Waals surface area contributed by atoms with Crippen molar-refractivity contribution in [2.45, 2.75) is 18.7 Å². The first-order valence-corrected chi connectivity index (χ1v) is 9.84. The van der Waals surface area contributed by atoms with Gasteiger partial charge >= 0.3 is 0 Å². The highest BCUT2D eigenvalue weighted by Crippen LogP contribution is 2.20. The quantitative estimate of drug-likeness (QED) is 0.685. The van der Waals surface area contributed by atoms with Crippen molar-refractivity contribution < 1.29 is 16.8 Å². The fourth-order valence-electron chi connectivity index (χ4n) is 1.44. The number of hydrogen-bond donors (Lipinski definition) is 2. The molecule has 1 rings (SSSR count). The van der Waals surface area contributed by atoms with E-state index < -0.39 is 20.0 Å². The second-order valence-electron chi connectivity index (χ2n) is 4.11. The van der Waals surface area contributed by atoms with Crippen molar-refractivity contribution in [3.63, 3.8) is 0 Å². The van der Waals surface area contributed by atoms with Crippen LogP contribution in [-0.4, -0.2) is 35.7 Å². The second kappa shape index (κ2) is 6.99. The molecule has 0 aromatic heterocycles. The summed E-state index contributed by atoms with van der Waals surface area (Å²) in [6.45, 7) is 3.22. The Balaban J connectivity index is 2.70. The Bertz CT molecular complexity index is 672. The SMILES string of the molecule is CCS(=O)(=O)NCCNS(=O)(=O)c1cc(Br)ccc1C. The van der Waals surface area contributed by atoms with Crippen LogP contribution in [0.1, 0.15) is 12.5 Å². The summed E-state index contributed by atoms with van der Waals surface area (Å²) in [7, 11) is -6.96. The topological polar surface area (TPSA) is 92.3 Å². The minimum absolute atomic E-state index is 0.00643. The van der Waals surface area contributed by atoms with E-state index in [1.165, 1.54) is 13.0 Å². The fraction of sp³-hybridized carbons (Fsp3) is 0.455. The lowest BCUT2D eigenvalue weighted by atomic mass is 10.2. The van der Waals surface area contributed by atoms with Crippen LogP contribution in [0.5, 0.6) is 0 Å². The summed E-state index contributed by atoms with van der Waals surface area (Å²) in [6.07, 6.45) is 0. The van der Waals surface area contributed by atoms with Crippen molar-refractivity contribution >= 4 is 36.0 Å². The third-order valence-electron chi connectivity index (χ3n) is 2.56. The van der Waals surface area contributed by atoms with Gasteiger partial charge in [-0.2, -0.15) is 0 Å². The highest BCUT2D eigenvalue weighted by Gasteiger charge is 2.16. The van der Waals surface area contributed by atoms with Crippen LogP contribution >= 0.6 is 15.9 Å². The number of sulfonamides is 2. The first-order valence-electron chi connectivity index (χ1n) is 5.91. The van der Waals surface area contributed by atoms with Crippen molar-refractivity contribution in [1.29, 1.82) is 0 Å². The Morgan fingerprint density at radius 3 is 2.30 bits per heavy atom. The lowest BCUT2D eigenvalue weighted by molar-refractivity contribution is 0.571. The monoisotopic (exact) mass is 384 g/mol. The third-order valence-corrected chi connectivity index (χ3v) is 6.06. The Hall–Kier alpha value is -0.480. The predicted molar refractivity (Wildman–Crippen MR) is 81.5 cm³/mol. The Labute approximate surface area is 128 Å². The molecule has 0 bridgehead atoms. The van der Waals surface area contributed by atoms with E-state index in [4.69, 9.17) is 0 Å². The highest BCUT2D eigenvalue weighted by molar-refractivity contribution is 9.10. The largest absolute Gasteiger partial charge is 0.240 e. The number of benzene rings is 1. The molecular weight excluding hydrogens is 368 g/mol. The molecule has 0 aliphatic rings. The van der Waals surface area contributed by atoms with Crippen LogP contribution in [0.3, 0.4) is 0 Å².